The number of ether oxygens (including phenoxy) is 1. The Morgan fingerprint density at radius 3 is 2.71 bits per heavy atom. The molecule has 0 aliphatic carbocycles. The third-order valence-corrected chi connectivity index (χ3v) is 7.31. The first-order valence-electron chi connectivity index (χ1n) is 11.9. The predicted molar refractivity (Wildman–Crippen MR) is 127 cm³/mol. The predicted octanol–water partition coefficient (Wildman–Crippen LogP) is 4.82. The molecule has 2 aliphatic rings. The summed E-state index contributed by atoms with van der Waals surface area (Å²) in [5.74, 6) is 0.138. The Kier molecular flexibility index (Phi) is 7.09. The van der Waals surface area contributed by atoms with Gasteiger partial charge in [0.05, 0.1) is 30.2 Å². The SMILES string of the molecule is CCOC[C@@]12CCN(c3ccc(C#N)c(C(F)(F)F)c3)C[C@@H]1CN(C(=O)Cc1cccc(C)c1)C2. The van der Waals surface area contributed by atoms with Crippen molar-refractivity contribution in [3.8, 4) is 6.07 Å². The molecule has 2 atom stereocenters. The Bertz CT molecular complexity index is 1130. The van der Waals surface area contributed by atoms with Crippen molar-refractivity contribution in [1.82, 2.24) is 4.90 Å². The van der Waals surface area contributed by atoms with Crippen LogP contribution in [0.1, 0.15) is 35.6 Å². The smallest absolute Gasteiger partial charge is 0.381 e. The molecule has 0 saturated carbocycles. The van der Waals surface area contributed by atoms with Gasteiger partial charge in [0.25, 0.3) is 0 Å². The topological polar surface area (TPSA) is 56.6 Å². The van der Waals surface area contributed by atoms with E-state index in [9.17, 15) is 18.0 Å². The summed E-state index contributed by atoms with van der Waals surface area (Å²) in [4.78, 5) is 17.0. The second kappa shape index (κ2) is 9.90. The number of benzene rings is 2. The van der Waals surface area contributed by atoms with Crippen molar-refractivity contribution in [3.63, 3.8) is 0 Å². The van der Waals surface area contributed by atoms with E-state index < -0.39 is 11.7 Å². The van der Waals surface area contributed by atoms with Crippen LogP contribution in [0.15, 0.2) is 42.5 Å². The molecule has 2 saturated heterocycles. The van der Waals surface area contributed by atoms with Crippen LogP contribution < -0.4 is 4.90 Å². The van der Waals surface area contributed by atoms with Gasteiger partial charge in [0.15, 0.2) is 0 Å². The highest BCUT2D eigenvalue weighted by atomic mass is 19.4. The van der Waals surface area contributed by atoms with Crippen molar-refractivity contribution in [2.45, 2.75) is 32.9 Å². The second-order valence-electron chi connectivity index (χ2n) is 9.67. The molecule has 0 N–H and O–H groups in total. The maximum absolute atomic E-state index is 13.5. The van der Waals surface area contributed by atoms with Crippen molar-refractivity contribution < 1.29 is 22.7 Å². The number of fused-ring (bicyclic) bond motifs is 1. The minimum Gasteiger partial charge on any atom is -0.381 e. The van der Waals surface area contributed by atoms with Gasteiger partial charge in [-0.05, 0) is 44.0 Å². The summed E-state index contributed by atoms with van der Waals surface area (Å²) in [5, 5.41) is 9.11. The highest BCUT2D eigenvalue weighted by Gasteiger charge is 2.51. The lowest BCUT2D eigenvalue weighted by atomic mass is 9.73. The summed E-state index contributed by atoms with van der Waals surface area (Å²) in [7, 11) is 0. The minimum absolute atomic E-state index is 0.0603. The van der Waals surface area contributed by atoms with Gasteiger partial charge in [-0.2, -0.15) is 18.4 Å². The highest BCUT2D eigenvalue weighted by molar-refractivity contribution is 5.79. The summed E-state index contributed by atoms with van der Waals surface area (Å²) in [5.41, 5.74) is 1.03. The molecule has 2 aromatic carbocycles. The molecule has 0 unspecified atom stereocenters. The van der Waals surface area contributed by atoms with E-state index in [0.29, 0.717) is 57.9 Å². The van der Waals surface area contributed by atoms with Crippen LogP contribution in [-0.2, 0) is 22.1 Å². The van der Waals surface area contributed by atoms with Gasteiger partial charge in [-0.15, -0.1) is 0 Å². The van der Waals surface area contributed by atoms with Crippen LogP contribution >= 0.6 is 0 Å². The molecule has 8 heteroatoms. The molecule has 5 nitrogen and oxygen atoms in total. The van der Waals surface area contributed by atoms with Gasteiger partial charge < -0.3 is 14.5 Å². The van der Waals surface area contributed by atoms with Crippen molar-refractivity contribution >= 4 is 11.6 Å². The molecule has 0 radical (unpaired) electrons. The van der Waals surface area contributed by atoms with Crippen LogP contribution in [0, 0.1) is 29.6 Å². The van der Waals surface area contributed by atoms with Gasteiger partial charge in [0.1, 0.15) is 0 Å². The zero-order valence-electron chi connectivity index (χ0n) is 20.1. The Labute approximate surface area is 204 Å². The molecule has 2 heterocycles. The number of piperidine rings is 1. The van der Waals surface area contributed by atoms with Gasteiger partial charge in [-0.25, -0.2) is 0 Å². The number of likely N-dealkylation sites (tertiary alicyclic amines) is 1. The third kappa shape index (κ3) is 5.30. The van der Waals surface area contributed by atoms with Crippen molar-refractivity contribution in [2.75, 3.05) is 44.3 Å². The van der Waals surface area contributed by atoms with E-state index in [1.165, 1.54) is 6.07 Å². The standard InChI is InChI=1S/C27H30F3N3O2/c1-3-35-18-26-9-10-32(23-8-7-21(14-31)24(13-23)27(28,29)30)15-22(26)16-33(17-26)25(34)12-20-6-4-5-19(2)11-20/h4-8,11,13,22H,3,9-10,12,15-18H2,1-2H3/t22-,26+/m1/s1. The molecular formula is C27H30F3N3O2. The van der Waals surface area contributed by atoms with E-state index in [4.69, 9.17) is 10.00 Å². The number of nitriles is 1. The fourth-order valence-corrected chi connectivity index (χ4v) is 5.42. The maximum Gasteiger partial charge on any atom is 0.417 e. The number of carbonyl (C=O) groups excluding carboxylic acids is 1. The minimum atomic E-state index is -4.60. The van der Waals surface area contributed by atoms with E-state index >= 15 is 0 Å². The van der Waals surface area contributed by atoms with Crippen LogP contribution in [0.5, 0.6) is 0 Å². The number of carbonyl (C=O) groups is 1. The van der Waals surface area contributed by atoms with E-state index in [0.717, 1.165) is 17.2 Å². The molecule has 186 valence electrons. The zero-order chi connectivity index (χ0) is 25.2. The quantitative estimate of drug-likeness (QED) is 0.589. The van der Waals surface area contributed by atoms with Crippen LogP contribution in [-0.4, -0.2) is 50.2 Å². The lowest BCUT2D eigenvalue weighted by Gasteiger charge is -2.44. The summed E-state index contributed by atoms with van der Waals surface area (Å²) >= 11 is 0. The number of amides is 1. The summed E-state index contributed by atoms with van der Waals surface area (Å²) in [6, 6.07) is 13.5. The van der Waals surface area contributed by atoms with E-state index in [2.05, 4.69) is 0 Å². The average molecular weight is 486 g/mol. The molecule has 2 aliphatic heterocycles. The molecule has 0 spiro atoms. The Morgan fingerprint density at radius 1 is 1.23 bits per heavy atom. The lowest BCUT2D eigenvalue weighted by Crippen LogP contribution is -2.49. The maximum atomic E-state index is 13.5. The second-order valence-corrected chi connectivity index (χ2v) is 9.67. The van der Waals surface area contributed by atoms with Crippen LogP contribution in [0.2, 0.25) is 0 Å². The molecule has 2 fully saturated rings. The van der Waals surface area contributed by atoms with E-state index in [1.54, 1.807) is 12.1 Å². The van der Waals surface area contributed by atoms with Crippen LogP contribution in [0.3, 0.4) is 0 Å². The van der Waals surface area contributed by atoms with Crippen LogP contribution in [0.25, 0.3) is 0 Å². The summed E-state index contributed by atoms with van der Waals surface area (Å²) < 4.78 is 46.4. The lowest BCUT2D eigenvalue weighted by molar-refractivity contribution is -0.137. The number of rotatable bonds is 6. The monoisotopic (exact) mass is 485 g/mol. The number of aryl methyl sites for hydroxylation is 1. The van der Waals surface area contributed by atoms with E-state index in [-0.39, 0.29) is 22.8 Å². The van der Waals surface area contributed by atoms with Crippen molar-refractivity contribution in [2.24, 2.45) is 11.3 Å². The fourth-order valence-electron chi connectivity index (χ4n) is 5.42. The number of alkyl halides is 3. The molecule has 2 aromatic rings. The third-order valence-electron chi connectivity index (χ3n) is 7.31. The molecule has 0 bridgehead atoms. The number of halogens is 3. The Balaban J connectivity index is 1.54. The number of hydrogen-bond donors (Lipinski definition) is 0. The fraction of sp³-hybridized carbons (Fsp3) is 0.481. The Morgan fingerprint density at radius 2 is 2.03 bits per heavy atom. The Hall–Kier alpha value is -3.05. The first-order valence-corrected chi connectivity index (χ1v) is 11.9. The van der Waals surface area contributed by atoms with Crippen molar-refractivity contribution in [3.05, 3.63) is 64.7 Å². The first kappa shape index (κ1) is 25.1. The number of nitrogens with zero attached hydrogens (tertiary/aromatic N) is 3. The first-order chi connectivity index (χ1) is 16.6. The van der Waals surface area contributed by atoms with Gasteiger partial charge in [0.2, 0.25) is 5.91 Å². The molecule has 1 amide bonds. The summed E-state index contributed by atoms with van der Waals surface area (Å²) in [6.07, 6.45) is -3.55. The summed E-state index contributed by atoms with van der Waals surface area (Å²) in [6.45, 7) is 7.27. The largest absolute Gasteiger partial charge is 0.417 e. The highest BCUT2D eigenvalue weighted by Crippen LogP contribution is 2.45. The molecule has 0 aromatic heterocycles. The van der Waals surface area contributed by atoms with Crippen LogP contribution in [0.4, 0.5) is 18.9 Å². The average Bonchev–Trinajstić information content (AvgIpc) is 3.21. The van der Waals surface area contributed by atoms with Crippen molar-refractivity contribution in [1.29, 1.82) is 5.26 Å². The van der Waals surface area contributed by atoms with Gasteiger partial charge in [-0.3, -0.25) is 4.79 Å². The molecule has 4 rings (SSSR count). The number of anilines is 1. The molecule has 35 heavy (non-hydrogen) atoms. The molecular weight excluding hydrogens is 455 g/mol. The van der Waals surface area contributed by atoms with E-state index in [1.807, 2.05) is 47.9 Å². The zero-order valence-corrected chi connectivity index (χ0v) is 20.1. The van der Waals surface area contributed by atoms with Gasteiger partial charge in [0, 0.05) is 49.8 Å². The van der Waals surface area contributed by atoms with Gasteiger partial charge >= 0.3 is 6.18 Å². The van der Waals surface area contributed by atoms with Gasteiger partial charge in [-0.1, -0.05) is 29.8 Å². The number of hydrogen-bond acceptors (Lipinski definition) is 4. The normalized spacial score (nSPS) is 22.1.